The molecule has 2 N–H and O–H groups in total. The van der Waals surface area contributed by atoms with Crippen LogP contribution in [0.25, 0.3) is 0 Å². The summed E-state index contributed by atoms with van der Waals surface area (Å²) in [6.45, 7) is 1.39. The zero-order chi connectivity index (χ0) is 19.1. The molecule has 0 spiro atoms. The minimum atomic E-state index is -0.808. The maximum Gasteiger partial charge on any atom is 0.328 e. The van der Waals surface area contributed by atoms with Crippen LogP contribution < -0.4 is 10.6 Å². The summed E-state index contributed by atoms with van der Waals surface area (Å²) in [5.74, 6) is -1.17. The maximum atomic E-state index is 12.5. The highest BCUT2D eigenvalue weighted by atomic mass is 127. The number of methoxy groups -OCH3 is 1. The molecule has 0 aliphatic carbocycles. The average molecular weight is 466 g/mol. The number of amides is 2. The Bertz CT molecular complexity index is 805. The molecular formula is C19H19IN2O4. The number of hydrogen-bond donors (Lipinski definition) is 2. The molecule has 0 aliphatic heterocycles. The molecule has 0 radical (unpaired) electrons. The summed E-state index contributed by atoms with van der Waals surface area (Å²) >= 11 is 2.20. The standard InChI is InChI=1S/C19H19IN2O4/c1-12(23)21-16-5-3-4-14(11-16)18(24)22-17(19(25)26-2)10-13-6-8-15(20)9-7-13/h3-9,11,17H,10H2,1-2H3,(H,21,23)(H,22,24)/t17-/m1/s1. The number of hydrogen-bond acceptors (Lipinski definition) is 4. The third kappa shape index (κ3) is 5.83. The first-order valence-corrected chi connectivity index (χ1v) is 8.97. The van der Waals surface area contributed by atoms with E-state index in [1.807, 2.05) is 24.3 Å². The van der Waals surface area contributed by atoms with Crippen molar-refractivity contribution in [1.82, 2.24) is 5.32 Å². The Morgan fingerprint density at radius 3 is 2.42 bits per heavy atom. The predicted octanol–water partition coefficient (Wildman–Crippen LogP) is 2.76. The summed E-state index contributed by atoms with van der Waals surface area (Å²) in [5, 5.41) is 5.32. The van der Waals surface area contributed by atoms with Crippen LogP contribution in [0.3, 0.4) is 0 Å². The Morgan fingerprint density at radius 1 is 1.12 bits per heavy atom. The summed E-state index contributed by atoms with van der Waals surface area (Å²) in [4.78, 5) is 35.7. The van der Waals surface area contributed by atoms with Crippen molar-refractivity contribution in [2.75, 3.05) is 12.4 Å². The first-order valence-electron chi connectivity index (χ1n) is 7.90. The van der Waals surface area contributed by atoms with Gasteiger partial charge in [0.1, 0.15) is 6.04 Å². The van der Waals surface area contributed by atoms with Gasteiger partial charge < -0.3 is 15.4 Å². The Labute approximate surface area is 165 Å². The second-order valence-electron chi connectivity index (χ2n) is 5.64. The van der Waals surface area contributed by atoms with Crippen molar-refractivity contribution in [3.63, 3.8) is 0 Å². The number of rotatable bonds is 6. The van der Waals surface area contributed by atoms with Gasteiger partial charge >= 0.3 is 5.97 Å². The average Bonchev–Trinajstić information content (AvgIpc) is 2.62. The van der Waals surface area contributed by atoms with Crippen LogP contribution in [0, 0.1) is 3.57 Å². The molecule has 2 aromatic carbocycles. The Kier molecular flexibility index (Phi) is 7.14. The van der Waals surface area contributed by atoms with E-state index in [-0.39, 0.29) is 5.91 Å². The van der Waals surface area contributed by atoms with Gasteiger partial charge in [-0.2, -0.15) is 0 Å². The first kappa shape index (κ1) is 19.9. The molecular weight excluding hydrogens is 447 g/mol. The summed E-state index contributed by atoms with van der Waals surface area (Å²) < 4.78 is 5.89. The van der Waals surface area contributed by atoms with E-state index in [2.05, 4.69) is 33.2 Å². The Morgan fingerprint density at radius 2 is 1.81 bits per heavy atom. The largest absolute Gasteiger partial charge is 0.467 e. The second kappa shape index (κ2) is 9.33. The van der Waals surface area contributed by atoms with Crippen LogP contribution in [0.5, 0.6) is 0 Å². The van der Waals surface area contributed by atoms with Crippen LogP contribution in [-0.4, -0.2) is 30.9 Å². The fourth-order valence-corrected chi connectivity index (χ4v) is 2.73. The van der Waals surface area contributed by atoms with Gasteiger partial charge in [0.25, 0.3) is 5.91 Å². The van der Waals surface area contributed by atoms with E-state index in [0.717, 1.165) is 9.13 Å². The smallest absolute Gasteiger partial charge is 0.328 e. The van der Waals surface area contributed by atoms with Crippen molar-refractivity contribution >= 4 is 46.1 Å². The molecule has 1 atom stereocenters. The topological polar surface area (TPSA) is 84.5 Å². The summed E-state index contributed by atoms with van der Waals surface area (Å²) in [6.07, 6.45) is 0.320. The minimum Gasteiger partial charge on any atom is -0.467 e. The third-order valence-electron chi connectivity index (χ3n) is 3.59. The van der Waals surface area contributed by atoms with E-state index in [9.17, 15) is 14.4 Å². The molecule has 0 fully saturated rings. The fraction of sp³-hybridized carbons (Fsp3) is 0.211. The SMILES string of the molecule is COC(=O)[C@@H](Cc1ccc(I)cc1)NC(=O)c1cccc(NC(C)=O)c1. The molecule has 136 valence electrons. The lowest BCUT2D eigenvalue weighted by Gasteiger charge is -2.17. The number of carbonyl (C=O) groups excluding carboxylic acids is 3. The lowest BCUT2D eigenvalue weighted by Crippen LogP contribution is -2.43. The van der Waals surface area contributed by atoms with Gasteiger partial charge in [-0.3, -0.25) is 9.59 Å². The van der Waals surface area contributed by atoms with Crippen molar-refractivity contribution in [2.45, 2.75) is 19.4 Å². The van der Waals surface area contributed by atoms with Crippen molar-refractivity contribution in [1.29, 1.82) is 0 Å². The number of nitrogens with one attached hydrogen (secondary N) is 2. The van der Waals surface area contributed by atoms with Crippen LogP contribution in [0.4, 0.5) is 5.69 Å². The van der Waals surface area contributed by atoms with Crippen LogP contribution in [0.2, 0.25) is 0 Å². The summed E-state index contributed by atoms with van der Waals surface area (Å²) in [6, 6.07) is 13.4. The van der Waals surface area contributed by atoms with E-state index in [4.69, 9.17) is 4.74 Å². The predicted molar refractivity (Wildman–Crippen MR) is 107 cm³/mol. The molecule has 0 bridgehead atoms. The van der Waals surface area contributed by atoms with E-state index < -0.39 is 17.9 Å². The van der Waals surface area contributed by atoms with Gasteiger partial charge in [-0.25, -0.2) is 4.79 Å². The van der Waals surface area contributed by atoms with E-state index in [1.165, 1.54) is 14.0 Å². The van der Waals surface area contributed by atoms with Gasteiger partial charge in [-0.05, 0) is 58.5 Å². The monoisotopic (exact) mass is 466 g/mol. The molecule has 26 heavy (non-hydrogen) atoms. The highest BCUT2D eigenvalue weighted by molar-refractivity contribution is 14.1. The number of halogens is 1. The number of anilines is 1. The molecule has 0 unspecified atom stereocenters. The molecule has 6 nitrogen and oxygen atoms in total. The molecule has 0 saturated heterocycles. The second-order valence-corrected chi connectivity index (χ2v) is 6.89. The molecule has 2 amide bonds. The van der Waals surface area contributed by atoms with Crippen LogP contribution in [-0.2, 0) is 20.7 Å². The summed E-state index contributed by atoms with van der Waals surface area (Å²) in [5.41, 5.74) is 1.76. The van der Waals surface area contributed by atoms with Gasteiger partial charge in [0.2, 0.25) is 5.91 Å². The molecule has 2 aromatic rings. The quantitative estimate of drug-likeness (QED) is 0.507. The molecule has 0 saturated carbocycles. The van der Waals surface area contributed by atoms with E-state index in [1.54, 1.807) is 24.3 Å². The van der Waals surface area contributed by atoms with Crippen LogP contribution in [0.1, 0.15) is 22.8 Å². The number of carbonyl (C=O) groups is 3. The van der Waals surface area contributed by atoms with Gasteiger partial charge in [-0.1, -0.05) is 18.2 Å². The number of ether oxygens (including phenoxy) is 1. The van der Waals surface area contributed by atoms with Crippen LogP contribution in [0.15, 0.2) is 48.5 Å². The van der Waals surface area contributed by atoms with Gasteiger partial charge in [0, 0.05) is 28.2 Å². The summed E-state index contributed by atoms with van der Waals surface area (Å²) in [7, 11) is 1.28. The minimum absolute atomic E-state index is 0.228. The molecule has 0 aromatic heterocycles. The molecule has 0 aliphatic rings. The highest BCUT2D eigenvalue weighted by Crippen LogP contribution is 2.13. The normalized spacial score (nSPS) is 11.3. The number of esters is 1. The van der Waals surface area contributed by atoms with Crippen LogP contribution >= 0.6 is 22.6 Å². The van der Waals surface area contributed by atoms with Crippen molar-refractivity contribution < 1.29 is 19.1 Å². The fourth-order valence-electron chi connectivity index (χ4n) is 2.37. The third-order valence-corrected chi connectivity index (χ3v) is 4.31. The molecule has 2 rings (SSSR count). The lowest BCUT2D eigenvalue weighted by molar-refractivity contribution is -0.142. The van der Waals surface area contributed by atoms with Crippen molar-refractivity contribution in [2.24, 2.45) is 0 Å². The van der Waals surface area contributed by atoms with Crippen molar-refractivity contribution in [3.8, 4) is 0 Å². The molecule has 7 heteroatoms. The first-order chi connectivity index (χ1) is 12.4. The lowest BCUT2D eigenvalue weighted by atomic mass is 10.1. The zero-order valence-electron chi connectivity index (χ0n) is 14.4. The maximum absolute atomic E-state index is 12.5. The van der Waals surface area contributed by atoms with E-state index >= 15 is 0 Å². The zero-order valence-corrected chi connectivity index (χ0v) is 16.6. The Balaban J connectivity index is 2.14. The van der Waals surface area contributed by atoms with Gasteiger partial charge in [0.15, 0.2) is 0 Å². The van der Waals surface area contributed by atoms with E-state index in [0.29, 0.717) is 17.7 Å². The number of benzene rings is 2. The Hall–Kier alpha value is -2.42. The van der Waals surface area contributed by atoms with Gasteiger partial charge in [0.05, 0.1) is 7.11 Å². The highest BCUT2D eigenvalue weighted by Gasteiger charge is 2.22. The van der Waals surface area contributed by atoms with Crippen molar-refractivity contribution in [3.05, 3.63) is 63.2 Å². The van der Waals surface area contributed by atoms with Gasteiger partial charge in [-0.15, -0.1) is 0 Å². The molecule has 0 heterocycles.